The molecule has 2 aromatic carbocycles. The van der Waals surface area contributed by atoms with Gasteiger partial charge >= 0.3 is 0 Å². The largest absolute Gasteiger partial charge is 0.479 e. The standard InChI is InChI=1S/C20H22ClNO2/c1-13(16-11-10-15-6-5-7-17(15)12-16)22-20(23)14(2)24-19-9-4-3-8-18(19)21/h3-4,8-14H,5-7H2,1-2H3,(H,22,23). The number of halogens is 1. The lowest BCUT2D eigenvalue weighted by Gasteiger charge is -2.20. The van der Waals surface area contributed by atoms with Gasteiger partial charge in [-0.2, -0.15) is 0 Å². The number of nitrogens with one attached hydrogen (secondary N) is 1. The molecule has 2 unspecified atom stereocenters. The Labute approximate surface area is 148 Å². The number of benzene rings is 2. The van der Waals surface area contributed by atoms with Crippen molar-refractivity contribution in [2.24, 2.45) is 0 Å². The highest BCUT2D eigenvalue weighted by Gasteiger charge is 2.20. The molecular weight excluding hydrogens is 322 g/mol. The number of fused-ring (bicyclic) bond motifs is 1. The van der Waals surface area contributed by atoms with E-state index >= 15 is 0 Å². The number of ether oxygens (including phenoxy) is 1. The van der Waals surface area contributed by atoms with Crippen LogP contribution in [0.5, 0.6) is 5.75 Å². The van der Waals surface area contributed by atoms with Crippen LogP contribution in [0.15, 0.2) is 42.5 Å². The van der Waals surface area contributed by atoms with Gasteiger partial charge in [-0.3, -0.25) is 4.79 Å². The zero-order valence-corrected chi connectivity index (χ0v) is 14.8. The normalized spacial score (nSPS) is 15.5. The average molecular weight is 344 g/mol. The van der Waals surface area contributed by atoms with Crippen LogP contribution in [-0.2, 0) is 17.6 Å². The molecule has 3 nitrogen and oxygen atoms in total. The van der Waals surface area contributed by atoms with Crippen LogP contribution in [0, 0.1) is 0 Å². The molecular formula is C20H22ClNO2. The Bertz CT molecular complexity index is 744. The van der Waals surface area contributed by atoms with Crippen LogP contribution >= 0.6 is 11.6 Å². The van der Waals surface area contributed by atoms with Crippen LogP contribution in [0.25, 0.3) is 0 Å². The molecule has 126 valence electrons. The van der Waals surface area contributed by atoms with Gasteiger partial charge in [-0.05, 0) is 61.9 Å². The van der Waals surface area contributed by atoms with Crippen LogP contribution in [0.2, 0.25) is 5.02 Å². The van der Waals surface area contributed by atoms with Crippen molar-refractivity contribution in [1.82, 2.24) is 5.32 Å². The number of amides is 1. The summed E-state index contributed by atoms with van der Waals surface area (Å²) in [4.78, 5) is 12.4. The first-order valence-electron chi connectivity index (χ1n) is 8.38. The Hall–Kier alpha value is -2.00. The summed E-state index contributed by atoms with van der Waals surface area (Å²) in [5, 5.41) is 3.52. The second-order valence-electron chi connectivity index (χ2n) is 6.30. The SMILES string of the molecule is CC(Oc1ccccc1Cl)C(=O)NC(C)c1ccc2c(c1)CCC2. The lowest BCUT2D eigenvalue weighted by Crippen LogP contribution is -2.37. The molecule has 4 heteroatoms. The fraction of sp³-hybridized carbons (Fsp3) is 0.350. The van der Waals surface area contributed by atoms with Gasteiger partial charge in [-0.1, -0.05) is 41.9 Å². The lowest BCUT2D eigenvalue weighted by atomic mass is 10.0. The topological polar surface area (TPSA) is 38.3 Å². The number of hydrogen-bond acceptors (Lipinski definition) is 2. The van der Waals surface area contributed by atoms with Gasteiger partial charge in [-0.15, -0.1) is 0 Å². The van der Waals surface area contributed by atoms with Crippen LogP contribution < -0.4 is 10.1 Å². The van der Waals surface area contributed by atoms with E-state index in [0.29, 0.717) is 10.8 Å². The third kappa shape index (κ3) is 3.73. The molecule has 0 spiro atoms. The Morgan fingerprint density at radius 3 is 2.67 bits per heavy atom. The quantitative estimate of drug-likeness (QED) is 0.869. The molecule has 0 aliphatic heterocycles. The van der Waals surface area contributed by atoms with Crippen molar-refractivity contribution in [3.8, 4) is 5.75 Å². The van der Waals surface area contributed by atoms with Gasteiger partial charge < -0.3 is 10.1 Å². The van der Waals surface area contributed by atoms with Gasteiger partial charge in [0.1, 0.15) is 5.75 Å². The summed E-state index contributed by atoms with van der Waals surface area (Å²) >= 11 is 6.07. The van der Waals surface area contributed by atoms with Crippen LogP contribution in [0.3, 0.4) is 0 Å². The predicted molar refractivity (Wildman–Crippen MR) is 96.6 cm³/mol. The zero-order chi connectivity index (χ0) is 17.1. The molecule has 2 aromatic rings. The molecule has 0 radical (unpaired) electrons. The first-order chi connectivity index (χ1) is 11.5. The van der Waals surface area contributed by atoms with E-state index < -0.39 is 6.10 Å². The third-order valence-corrected chi connectivity index (χ3v) is 4.80. The minimum Gasteiger partial charge on any atom is -0.479 e. The number of rotatable bonds is 5. The molecule has 2 atom stereocenters. The van der Waals surface area contributed by atoms with Gasteiger partial charge in [0.05, 0.1) is 11.1 Å². The van der Waals surface area contributed by atoms with E-state index in [4.69, 9.17) is 16.3 Å². The van der Waals surface area contributed by atoms with Crippen LogP contribution in [0.4, 0.5) is 0 Å². The Morgan fingerprint density at radius 2 is 1.88 bits per heavy atom. The van der Waals surface area contributed by atoms with Gasteiger partial charge in [0.2, 0.25) is 0 Å². The molecule has 0 saturated heterocycles. The lowest BCUT2D eigenvalue weighted by molar-refractivity contribution is -0.127. The van der Waals surface area contributed by atoms with Crippen molar-refractivity contribution < 1.29 is 9.53 Å². The summed E-state index contributed by atoms with van der Waals surface area (Å²) in [6.45, 7) is 3.73. The highest BCUT2D eigenvalue weighted by Crippen LogP contribution is 2.26. The molecule has 1 N–H and O–H groups in total. The number of hydrogen-bond donors (Lipinski definition) is 1. The minimum atomic E-state index is -0.609. The van der Waals surface area contributed by atoms with Gasteiger partial charge in [0.15, 0.2) is 6.10 Å². The molecule has 0 bridgehead atoms. The molecule has 1 aliphatic rings. The van der Waals surface area contributed by atoms with Gasteiger partial charge in [0.25, 0.3) is 5.91 Å². The monoisotopic (exact) mass is 343 g/mol. The van der Waals surface area contributed by atoms with Crippen LogP contribution in [-0.4, -0.2) is 12.0 Å². The van der Waals surface area contributed by atoms with E-state index in [0.717, 1.165) is 12.0 Å². The molecule has 0 fully saturated rings. The molecule has 3 rings (SSSR count). The maximum atomic E-state index is 12.4. The number of carbonyl (C=O) groups excluding carboxylic acids is 1. The van der Waals surface area contributed by atoms with Gasteiger partial charge in [-0.25, -0.2) is 0 Å². The second-order valence-corrected chi connectivity index (χ2v) is 6.71. The van der Waals surface area contributed by atoms with E-state index in [9.17, 15) is 4.79 Å². The minimum absolute atomic E-state index is 0.0549. The van der Waals surface area contributed by atoms with Crippen molar-refractivity contribution in [3.63, 3.8) is 0 Å². The number of carbonyl (C=O) groups is 1. The highest BCUT2D eigenvalue weighted by molar-refractivity contribution is 6.32. The molecule has 0 saturated carbocycles. The van der Waals surface area contributed by atoms with Crippen molar-refractivity contribution in [1.29, 1.82) is 0 Å². The smallest absolute Gasteiger partial charge is 0.261 e. The summed E-state index contributed by atoms with van der Waals surface area (Å²) in [7, 11) is 0. The van der Waals surface area contributed by atoms with E-state index in [1.54, 1.807) is 19.1 Å². The first-order valence-corrected chi connectivity index (χ1v) is 8.75. The zero-order valence-electron chi connectivity index (χ0n) is 14.0. The second kappa shape index (κ2) is 7.27. The average Bonchev–Trinajstić information content (AvgIpc) is 3.04. The number of para-hydroxylation sites is 1. The fourth-order valence-electron chi connectivity index (χ4n) is 3.06. The van der Waals surface area contributed by atoms with Crippen molar-refractivity contribution >= 4 is 17.5 Å². The fourth-order valence-corrected chi connectivity index (χ4v) is 3.24. The van der Waals surface area contributed by atoms with E-state index in [1.165, 1.54) is 24.0 Å². The molecule has 0 heterocycles. The summed E-state index contributed by atoms with van der Waals surface area (Å²) in [6, 6.07) is 13.6. The van der Waals surface area contributed by atoms with E-state index in [-0.39, 0.29) is 11.9 Å². The van der Waals surface area contributed by atoms with Crippen molar-refractivity contribution in [3.05, 3.63) is 64.2 Å². The summed E-state index contributed by atoms with van der Waals surface area (Å²) in [5.74, 6) is 0.370. The Morgan fingerprint density at radius 1 is 1.12 bits per heavy atom. The maximum absolute atomic E-state index is 12.4. The van der Waals surface area contributed by atoms with Crippen molar-refractivity contribution in [2.45, 2.75) is 45.3 Å². The summed E-state index contributed by atoms with van der Waals surface area (Å²) in [5.41, 5.74) is 3.98. The first kappa shape index (κ1) is 16.8. The summed E-state index contributed by atoms with van der Waals surface area (Å²) < 4.78 is 5.67. The third-order valence-electron chi connectivity index (χ3n) is 4.49. The molecule has 0 aromatic heterocycles. The Kier molecular flexibility index (Phi) is 5.10. The Balaban J connectivity index is 1.62. The highest BCUT2D eigenvalue weighted by atomic mass is 35.5. The van der Waals surface area contributed by atoms with Crippen LogP contribution in [0.1, 0.15) is 43.0 Å². The van der Waals surface area contributed by atoms with Gasteiger partial charge in [0, 0.05) is 0 Å². The van der Waals surface area contributed by atoms with Crippen molar-refractivity contribution in [2.75, 3.05) is 0 Å². The maximum Gasteiger partial charge on any atom is 0.261 e. The summed E-state index contributed by atoms with van der Waals surface area (Å²) in [6.07, 6.45) is 2.92. The van der Waals surface area contributed by atoms with E-state index in [1.807, 2.05) is 19.1 Å². The number of aryl methyl sites for hydroxylation is 2. The molecule has 1 aliphatic carbocycles. The predicted octanol–water partition coefficient (Wildman–Crippen LogP) is 4.47. The molecule has 24 heavy (non-hydrogen) atoms. The molecule has 1 amide bonds. The van der Waals surface area contributed by atoms with E-state index in [2.05, 4.69) is 23.5 Å².